The van der Waals surface area contributed by atoms with E-state index in [0.717, 1.165) is 11.1 Å². The Hall–Kier alpha value is -3.26. The number of benzene rings is 2. The molecule has 4 saturated carbocycles. The van der Waals surface area contributed by atoms with Gasteiger partial charge < -0.3 is 0 Å². The minimum Gasteiger partial charge on any atom is -0.293 e. The summed E-state index contributed by atoms with van der Waals surface area (Å²) < 4.78 is 0. The molecular weight excluding hydrogens is 488 g/mol. The monoisotopic (exact) mass is 524 g/mol. The SMILES string of the molecule is O=C(c1ccccc1)C12C([C@@H]3C=C[C@H]1C3)[C@H]1C=C[C@@H]2C1.O=C(c1ccccc1)C12C([C@H]3C=C[C@@H]1C3)[C@H]1C=C[C@@H]2C1. The first kappa shape index (κ1) is 23.4. The van der Waals surface area contributed by atoms with Crippen molar-refractivity contribution in [1.29, 1.82) is 0 Å². The number of ketones is 2. The molecule has 8 aliphatic carbocycles. The Bertz CT molecular complexity index is 1340. The first-order valence-corrected chi connectivity index (χ1v) is 15.6. The fourth-order valence-corrected chi connectivity index (χ4v) is 11.6. The second-order valence-electron chi connectivity index (χ2n) is 13.9. The number of carbonyl (C=O) groups is 2. The fraction of sp³-hybridized carbons (Fsp3) is 0.421. The number of hydrogen-bond acceptors (Lipinski definition) is 2. The molecule has 0 amide bonds. The zero-order valence-electron chi connectivity index (χ0n) is 22.8. The van der Waals surface area contributed by atoms with Gasteiger partial charge in [-0.25, -0.2) is 0 Å². The molecule has 0 aliphatic heterocycles. The summed E-state index contributed by atoms with van der Waals surface area (Å²) in [6, 6.07) is 19.9. The van der Waals surface area contributed by atoms with Gasteiger partial charge in [0.05, 0.1) is 10.8 Å². The Morgan fingerprint density at radius 1 is 0.450 bits per heavy atom. The van der Waals surface area contributed by atoms with Crippen LogP contribution in [0.3, 0.4) is 0 Å². The lowest BCUT2D eigenvalue weighted by Crippen LogP contribution is -2.45. The predicted octanol–water partition coefficient (Wildman–Crippen LogP) is 7.77. The molecule has 2 unspecified atom stereocenters. The summed E-state index contributed by atoms with van der Waals surface area (Å²) in [5.41, 5.74) is 1.61. The van der Waals surface area contributed by atoms with Gasteiger partial charge in [0, 0.05) is 11.1 Å². The van der Waals surface area contributed by atoms with Gasteiger partial charge >= 0.3 is 0 Å². The van der Waals surface area contributed by atoms with Gasteiger partial charge in [-0.1, -0.05) is 109 Å². The Labute approximate surface area is 237 Å². The first-order valence-electron chi connectivity index (χ1n) is 15.6. The zero-order valence-corrected chi connectivity index (χ0v) is 22.8. The third-order valence-corrected chi connectivity index (χ3v) is 12.7. The highest BCUT2D eigenvalue weighted by molar-refractivity contribution is 6.03. The van der Waals surface area contributed by atoms with Crippen molar-refractivity contribution in [3.8, 4) is 0 Å². The van der Waals surface area contributed by atoms with E-state index in [9.17, 15) is 9.59 Å². The van der Waals surface area contributed by atoms with Crippen LogP contribution in [0, 0.1) is 70.0 Å². The molecule has 2 aromatic carbocycles. The van der Waals surface area contributed by atoms with Crippen LogP contribution in [0.1, 0.15) is 46.4 Å². The predicted molar refractivity (Wildman–Crippen MR) is 156 cm³/mol. The third-order valence-electron chi connectivity index (χ3n) is 12.7. The quantitative estimate of drug-likeness (QED) is 0.233. The number of hydrogen-bond donors (Lipinski definition) is 0. The topological polar surface area (TPSA) is 34.1 Å². The van der Waals surface area contributed by atoms with Crippen LogP contribution >= 0.6 is 0 Å². The second-order valence-corrected chi connectivity index (χ2v) is 13.9. The van der Waals surface area contributed by atoms with Crippen LogP contribution in [0.25, 0.3) is 0 Å². The van der Waals surface area contributed by atoms with Crippen molar-refractivity contribution in [3.05, 3.63) is 120 Å². The van der Waals surface area contributed by atoms with Gasteiger partial charge in [0.1, 0.15) is 0 Å². The summed E-state index contributed by atoms with van der Waals surface area (Å²) in [4.78, 5) is 26.7. The molecule has 8 bridgehead atoms. The van der Waals surface area contributed by atoms with Gasteiger partial charge in [-0.3, -0.25) is 9.59 Å². The highest BCUT2D eigenvalue weighted by atomic mass is 16.1. The van der Waals surface area contributed by atoms with Gasteiger partial charge in [-0.2, -0.15) is 0 Å². The lowest BCUT2D eigenvalue weighted by Gasteiger charge is -2.42. The minimum absolute atomic E-state index is 0.111. The van der Waals surface area contributed by atoms with Crippen LogP contribution < -0.4 is 0 Å². The third kappa shape index (κ3) is 2.71. The summed E-state index contributed by atoms with van der Waals surface area (Å²) in [6.07, 6.45) is 23.8. The number of fused-ring (bicyclic) bond motifs is 18. The Balaban J connectivity index is 0.000000115. The van der Waals surface area contributed by atoms with Crippen molar-refractivity contribution < 1.29 is 9.59 Å². The van der Waals surface area contributed by atoms with E-state index < -0.39 is 0 Å². The van der Waals surface area contributed by atoms with E-state index in [1.807, 2.05) is 60.7 Å². The van der Waals surface area contributed by atoms with Crippen LogP contribution in [-0.2, 0) is 0 Å². The molecule has 0 spiro atoms. The van der Waals surface area contributed by atoms with Crippen molar-refractivity contribution >= 4 is 11.6 Å². The first-order chi connectivity index (χ1) is 19.6. The molecule has 0 saturated heterocycles. The van der Waals surface area contributed by atoms with E-state index in [1.165, 1.54) is 25.7 Å². The van der Waals surface area contributed by atoms with Gasteiger partial charge in [0.25, 0.3) is 0 Å². The van der Waals surface area contributed by atoms with Crippen molar-refractivity contribution in [1.82, 2.24) is 0 Å². The van der Waals surface area contributed by atoms with Gasteiger partial charge in [0.15, 0.2) is 11.6 Å². The smallest absolute Gasteiger partial charge is 0.170 e. The maximum atomic E-state index is 13.4. The zero-order chi connectivity index (χ0) is 26.6. The van der Waals surface area contributed by atoms with Crippen molar-refractivity contribution in [2.45, 2.75) is 25.7 Å². The molecule has 4 fully saturated rings. The number of rotatable bonds is 4. The molecular formula is C38H36O2. The van der Waals surface area contributed by atoms with E-state index >= 15 is 0 Å². The largest absolute Gasteiger partial charge is 0.293 e. The highest BCUT2D eigenvalue weighted by Gasteiger charge is 2.70. The van der Waals surface area contributed by atoms with E-state index in [-0.39, 0.29) is 10.8 Å². The summed E-state index contributed by atoms with van der Waals surface area (Å²) in [5.74, 6) is 6.46. The Kier molecular flexibility index (Phi) is 4.78. The maximum absolute atomic E-state index is 13.4. The molecule has 2 heteroatoms. The van der Waals surface area contributed by atoms with Crippen LogP contribution in [0.15, 0.2) is 109 Å². The van der Waals surface area contributed by atoms with Crippen LogP contribution in [0.2, 0.25) is 0 Å². The van der Waals surface area contributed by atoms with Crippen LogP contribution in [0.4, 0.5) is 0 Å². The van der Waals surface area contributed by atoms with E-state index in [0.29, 0.717) is 70.7 Å². The van der Waals surface area contributed by atoms with Crippen molar-refractivity contribution in [2.75, 3.05) is 0 Å². The van der Waals surface area contributed by atoms with Gasteiger partial charge in [-0.15, -0.1) is 0 Å². The average Bonchev–Trinajstić information content (AvgIpc) is 3.85. The van der Waals surface area contributed by atoms with Crippen molar-refractivity contribution in [2.24, 2.45) is 70.0 Å². The fourth-order valence-electron chi connectivity index (χ4n) is 11.6. The highest BCUT2D eigenvalue weighted by Crippen LogP contribution is 2.72. The van der Waals surface area contributed by atoms with E-state index in [1.54, 1.807) is 0 Å². The molecule has 0 radical (unpaired) electrons. The second kappa shape index (κ2) is 8.15. The lowest BCUT2D eigenvalue weighted by molar-refractivity contribution is 0.0570. The van der Waals surface area contributed by atoms with Gasteiger partial charge in [0.2, 0.25) is 0 Å². The normalized spacial score (nSPS) is 46.1. The molecule has 2 nitrogen and oxygen atoms in total. The maximum Gasteiger partial charge on any atom is 0.170 e. The standard InChI is InChI=1S/2C19H18O/c2*20-18(12-4-2-1-3-5-12)19-15-8-6-13(10-15)17(19)14-7-9-16(19)11-14/h2*1-9,13-17H,10-11H2/t13-,14+,15+,16-,17?,19?;13-,14-,15+,16+,17?,19?/m.0/s1. The van der Waals surface area contributed by atoms with E-state index in [4.69, 9.17) is 0 Å². The summed E-state index contributed by atoms with van der Waals surface area (Å²) in [6.45, 7) is 0. The number of allylic oxidation sites excluding steroid dienone is 8. The molecule has 2 aromatic rings. The number of Topliss-reactive ketones (excluding diaryl/α,β-unsaturated/α-hetero) is 2. The van der Waals surface area contributed by atoms with Gasteiger partial charge in [-0.05, 0) is 84.9 Å². The minimum atomic E-state index is -0.111. The van der Waals surface area contributed by atoms with E-state index in [2.05, 4.69) is 48.6 Å². The molecule has 10 rings (SSSR count). The van der Waals surface area contributed by atoms with Crippen molar-refractivity contribution in [3.63, 3.8) is 0 Å². The molecule has 0 N–H and O–H groups in total. The van der Waals surface area contributed by atoms with Crippen LogP contribution in [-0.4, -0.2) is 11.6 Å². The number of carbonyl (C=O) groups excluding carboxylic acids is 2. The average molecular weight is 525 g/mol. The molecule has 0 heterocycles. The summed E-state index contributed by atoms with van der Waals surface area (Å²) >= 11 is 0. The molecule has 8 aliphatic rings. The molecule has 0 aromatic heterocycles. The molecule has 200 valence electrons. The van der Waals surface area contributed by atoms with Crippen LogP contribution in [0.5, 0.6) is 0 Å². The Morgan fingerprint density at radius 3 is 1.05 bits per heavy atom. The molecule has 40 heavy (non-hydrogen) atoms. The molecule has 10 atom stereocenters. The summed E-state index contributed by atoms with van der Waals surface area (Å²) in [7, 11) is 0. The lowest BCUT2D eigenvalue weighted by atomic mass is 9.59. The summed E-state index contributed by atoms with van der Waals surface area (Å²) in [5, 5.41) is 0. The Morgan fingerprint density at radius 2 is 0.750 bits per heavy atom.